The van der Waals surface area contributed by atoms with Crippen LogP contribution in [0.15, 0.2) is 12.4 Å². The molecule has 3 rings (SSSR count). The predicted octanol–water partition coefficient (Wildman–Crippen LogP) is 3.69. The van der Waals surface area contributed by atoms with Crippen molar-refractivity contribution in [1.29, 1.82) is 5.26 Å². The van der Waals surface area contributed by atoms with Crippen LogP contribution in [0.4, 0.5) is 13.2 Å². The fourth-order valence-corrected chi connectivity index (χ4v) is 4.23. The molecular weight excluding hydrogens is 347 g/mol. The quantitative estimate of drug-likeness (QED) is 0.865. The first-order chi connectivity index (χ1) is 12.2. The minimum absolute atomic E-state index is 0.0132. The van der Waals surface area contributed by atoms with Crippen molar-refractivity contribution in [3.63, 3.8) is 0 Å². The van der Waals surface area contributed by atoms with Crippen LogP contribution in [0.3, 0.4) is 0 Å². The maximum atomic E-state index is 13.8. The maximum absolute atomic E-state index is 13.8. The van der Waals surface area contributed by atoms with Gasteiger partial charge in [-0.2, -0.15) is 18.4 Å². The largest absolute Gasteiger partial charge is 0.506 e. The third-order valence-electron chi connectivity index (χ3n) is 5.61. The van der Waals surface area contributed by atoms with Gasteiger partial charge in [0.2, 0.25) is 5.91 Å². The summed E-state index contributed by atoms with van der Waals surface area (Å²) >= 11 is 0. The number of carbonyl (C=O) groups excluding carboxylic acids is 1. The first kappa shape index (κ1) is 18.5. The van der Waals surface area contributed by atoms with Crippen LogP contribution in [-0.2, 0) is 4.79 Å². The van der Waals surface area contributed by atoms with E-state index in [1.807, 2.05) is 6.92 Å². The molecular formula is C18H20F3N3O2. The molecule has 1 aliphatic heterocycles. The fourth-order valence-electron chi connectivity index (χ4n) is 4.23. The zero-order valence-corrected chi connectivity index (χ0v) is 14.4. The first-order valence-electron chi connectivity index (χ1n) is 8.66. The minimum Gasteiger partial charge on any atom is -0.506 e. The Bertz CT molecular complexity index is 751. The van der Waals surface area contributed by atoms with Gasteiger partial charge in [0.05, 0.1) is 6.04 Å². The number of hydrogen-bond acceptors (Lipinski definition) is 4. The lowest BCUT2D eigenvalue weighted by Gasteiger charge is -2.36. The molecule has 1 amide bonds. The Kier molecular flexibility index (Phi) is 4.59. The summed E-state index contributed by atoms with van der Waals surface area (Å²) < 4.78 is 41.4. The van der Waals surface area contributed by atoms with Crippen molar-refractivity contribution in [2.24, 2.45) is 11.3 Å². The summed E-state index contributed by atoms with van der Waals surface area (Å²) in [6.07, 6.45) is -1.32. The lowest BCUT2D eigenvalue weighted by atomic mass is 9.83. The molecule has 0 unspecified atom stereocenters. The van der Waals surface area contributed by atoms with Gasteiger partial charge < -0.3 is 10.0 Å². The summed E-state index contributed by atoms with van der Waals surface area (Å²) in [6.45, 7) is 2.05. The molecule has 1 saturated carbocycles. The van der Waals surface area contributed by atoms with Gasteiger partial charge >= 0.3 is 6.18 Å². The molecule has 5 nitrogen and oxygen atoms in total. The molecule has 2 atom stereocenters. The normalized spacial score (nSPS) is 25.3. The summed E-state index contributed by atoms with van der Waals surface area (Å²) in [5.41, 5.74) is -2.16. The Morgan fingerprint density at radius 2 is 2.04 bits per heavy atom. The molecule has 1 N–H and O–H groups in total. The van der Waals surface area contributed by atoms with Crippen molar-refractivity contribution in [2.45, 2.75) is 51.2 Å². The number of carbonyl (C=O) groups is 1. The van der Waals surface area contributed by atoms with E-state index < -0.39 is 23.5 Å². The number of aromatic hydroxyl groups is 1. The van der Waals surface area contributed by atoms with Crippen molar-refractivity contribution < 1.29 is 23.1 Å². The van der Waals surface area contributed by atoms with Crippen molar-refractivity contribution in [1.82, 2.24) is 9.88 Å². The second-order valence-corrected chi connectivity index (χ2v) is 7.34. The van der Waals surface area contributed by atoms with Crippen LogP contribution in [-0.4, -0.2) is 33.6 Å². The molecule has 0 aromatic carbocycles. The van der Waals surface area contributed by atoms with E-state index in [9.17, 15) is 23.1 Å². The Morgan fingerprint density at radius 3 is 2.62 bits per heavy atom. The zero-order valence-electron chi connectivity index (χ0n) is 14.4. The molecule has 1 aliphatic carbocycles. The molecule has 2 heterocycles. The highest BCUT2D eigenvalue weighted by atomic mass is 19.4. The average molecular weight is 367 g/mol. The lowest BCUT2D eigenvalue weighted by molar-refractivity contribution is -0.226. The van der Waals surface area contributed by atoms with Gasteiger partial charge in [-0.25, -0.2) is 0 Å². The van der Waals surface area contributed by atoms with E-state index in [-0.39, 0.29) is 42.2 Å². The summed E-state index contributed by atoms with van der Waals surface area (Å²) in [5, 5.41) is 19.4. The van der Waals surface area contributed by atoms with Gasteiger partial charge in [-0.15, -0.1) is 0 Å². The SMILES string of the molecule is C[C@@H]1C[C@@H](c2cncc(C#N)c2O)N(C(=O)C2(C(F)(F)F)CCCC2)C1. The standard InChI is InChI=1S/C18H20F3N3O2/c1-11-6-14(13-9-23-8-12(7-22)15(13)25)24(10-11)16(26)17(18(19,20)21)4-2-3-5-17/h8-9,11,14H,2-6,10H2,1H3,(H,23,25)/t11-,14+/m1/s1. The Hall–Kier alpha value is -2.30. The highest BCUT2D eigenvalue weighted by molar-refractivity contribution is 5.85. The highest BCUT2D eigenvalue weighted by Crippen LogP contribution is 2.53. The summed E-state index contributed by atoms with van der Waals surface area (Å²) in [4.78, 5) is 18.2. The van der Waals surface area contributed by atoms with E-state index in [4.69, 9.17) is 5.26 Å². The van der Waals surface area contributed by atoms with Gasteiger partial charge in [-0.1, -0.05) is 19.8 Å². The van der Waals surface area contributed by atoms with Crippen molar-refractivity contribution in [3.8, 4) is 11.8 Å². The van der Waals surface area contributed by atoms with E-state index in [1.54, 1.807) is 6.07 Å². The molecule has 26 heavy (non-hydrogen) atoms. The van der Waals surface area contributed by atoms with Crippen LogP contribution in [0.2, 0.25) is 0 Å². The third-order valence-corrected chi connectivity index (χ3v) is 5.61. The summed E-state index contributed by atoms with van der Waals surface area (Å²) in [5.74, 6) is -1.24. The zero-order chi connectivity index (χ0) is 19.1. The number of alkyl halides is 3. The minimum atomic E-state index is -4.61. The van der Waals surface area contributed by atoms with Crippen molar-refractivity contribution in [2.75, 3.05) is 6.54 Å². The van der Waals surface area contributed by atoms with Crippen LogP contribution >= 0.6 is 0 Å². The number of aromatic nitrogens is 1. The summed E-state index contributed by atoms with van der Waals surface area (Å²) in [7, 11) is 0. The molecule has 1 aromatic heterocycles. The van der Waals surface area contributed by atoms with Gasteiger partial charge in [0, 0.05) is 24.5 Å². The fraction of sp³-hybridized carbons (Fsp3) is 0.611. The van der Waals surface area contributed by atoms with Crippen LogP contribution in [0.25, 0.3) is 0 Å². The van der Waals surface area contributed by atoms with Crippen LogP contribution in [0.5, 0.6) is 5.75 Å². The molecule has 2 fully saturated rings. The van der Waals surface area contributed by atoms with Crippen LogP contribution < -0.4 is 0 Å². The van der Waals surface area contributed by atoms with Gasteiger partial charge in [-0.05, 0) is 25.2 Å². The number of rotatable bonds is 2. The van der Waals surface area contributed by atoms with Crippen molar-refractivity contribution >= 4 is 5.91 Å². The van der Waals surface area contributed by atoms with E-state index in [0.717, 1.165) is 0 Å². The third kappa shape index (κ3) is 2.79. The monoisotopic (exact) mass is 367 g/mol. The number of nitriles is 1. The van der Waals surface area contributed by atoms with Gasteiger partial charge in [-0.3, -0.25) is 9.78 Å². The number of likely N-dealkylation sites (tertiary alicyclic amines) is 1. The average Bonchev–Trinajstić information content (AvgIpc) is 3.21. The second kappa shape index (κ2) is 6.45. The molecule has 140 valence electrons. The molecule has 0 bridgehead atoms. The lowest BCUT2D eigenvalue weighted by Crippen LogP contribution is -2.50. The Balaban J connectivity index is 2.01. The summed E-state index contributed by atoms with van der Waals surface area (Å²) in [6, 6.07) is 1.10. The van der Waals surface area contributed by atoms with E-state index in [1.165, 1.54) is 17.3 Å². The number of nitrogens with zero attached hydrogens (tertiary/aromatic N) is 3. The predicted molar refractivity (Wildman–Crippen MR) is 85.8 cm³/mol. The van der Waals surface area contributed by atoms with Crippen molar-refractivity contribution in [3.05, 3.63) is 23.5 Å². The van der Waals surface area contributed by atoms with E-state index in [0.29, 0.717) is 19.3 Å². The molecule has 8 heteroatoms. The second-order valence-electron chi connectivity index (χ2n) is 7.34. The molecule has 1 aromatic rings. The molecule has 2 aliphatic rings. The Morgan fingerprint density at radius 1 is 1.38 bits per heavy atom. The number of hydrogen-bond donors (Lipinski definition) is 1. The van der Waals surface area contributed by atoms with Crippen LogP contribution in [0, 0.1) is 22.7 Å². The van der Waals surface area contributed by atoms with E-state index in [2.05, 4.69) is 4.98 Å². The van der Waals surface area contributed by atoms with Gasteiger partial charge in [0.1, 0.15) is 22.8 Å². The highest BCUT2D eigenvalue weighted by Gasteiger charge is 2.63. The van der Waals surface area contributed by atoms with E-state index >= 15 is 0 Å². The number of amides is 1. The Labute approximate surface area is 149 Å². The topological polar surface area (TPSA) is 77.2 Å². The smallest absolute Gasteiger partial charge is 0.403 e. The van der Waals surface area contributed by atoms with Crippen LogP contribution in [0.1, 0.15) is 56.2 Å². The number of pyridine rings is 1. The maximum Gasteiger partial charge on any atom is 0.403 e. The van der Waals surface area contributed by atoms with Gasteiger partial charge in [0.25, 0.3) is 0 Å². The first-order valence-corrected chi connectivity index (χ1v) is 8.66. The molecule has 0 radical (unpaired) electrons. The molecule has 0 spiro atoms. The van der Waals surface area contributed by atoms with Gasteiger partial charge in [0.15, 0.2) is 0 Å². The number of halogens is 3. The molecule has 1 saturated heterocycles.